The molecule has 142 valence electrons. The fourth-order valence-electron chi connectivity index (χ4n) is 2.52. The number of hydrogen-bond acceptors (Lipinski definition) is 4. The van der Waals surface area contributed by atoms with Crippen molar-refractivity contribution in [3.05, 3.63) is 84.4 Å². The van der Waals surface area contributed by atoms with Gasteiger partial charge in [0.1, 0.15) is 17.2 Å². The van der Waals surface area contributed by atoms with E-state index in [4.69, 9.17) is 9.47 Å². The molecule has 0 aliphatic heterocycles. The average molecular weight is 375 g/mol. The minimum atomic E-state index is -0.720. The first-order valence-corrected chi connectivity index (χ1v) is 8.93. The smallest absolute Gasteiger partial charge is 0.265 e. The van der Waals surface area contributed by atoms with Crippen molar-refractivity contribution in [3.63, 3.8) is 0 Å². The quantitative estimate of drug-likeness (QED) is 0.584. The number of amides is 1. The first-order chi connectivity index (χ1) is 13.5. The summed E-state index contributed by atoms with van der Waals surface area (Å²) in [6.45, 7) is 3.14. The van der Waals surface area contributed by atoms with E-state index in [9.17, 15) is 9.59 Å². The van der Waals surface area contributed by atoms with Gasteiger partial charge in [0.05, 0.1) is 0 Å². The molecular formula is C23H21NO4. The lowest BCUT2D eigenvalue weighted by molar-refractivity contribution is -0.122. The Kier molecular flexibility index (Phi) is 6.07. The van der Waals surface area contributed by atoms with Crippen LogP contribution >= 0.6 is 0 Å². The van der Waals surface area contributed by atoms with Gasteiger partial charge in [-0.1, -0.05) is 30.3 Å². The maximum absolute atomic E-state index is 12.4. The van der Waals surface area contributed by atoms with Gasteiger partial charge in [0.15, 0.2) is 11.9 Å². The summed E-state index contributed by atoms with van der Waals surface area (Å²) in [5.41, 5.74) is 1.18. The lowest BCUT2D eigenvalue weighted by Crippen LogP contribution is -2.30. The van der Waals surface area contributed by atoms with E-state index in [1.165, 1.54) is 6.92 Å². The molecule has 1 atom stereocenters. The SMILES string of the molecule is CC(=O)c1cccc(O[C@H](C)C(=O)Nc2ccc(Oc3ccccc3)cc2)c1. The van der Waals surface area contributed by atoms with Crippen LogP contribution in [0.15, 0.2) is 78.9 Å². The number of carbonyl (C=O) groups is 2. The summed E-state index contributed by atoms with van der Waals surface area (Å²) < 4.78 is 11.4. The highest BCUT2D eigenvalue weighted by molar-refractivity contribution is 5.95. The molecule has 0 aliphatic rings. The van der Waals surface area contributed by atoms with Crippen molar-refractivity contribution in [2.24, 2.45) is 0 Å². The van der Waals surface area contributed by atoms with E-state index in [0.29, 0.717) is 22.7 Å². The number of benzene rings is 3. The topological polar surface area (TPSA) is 64.6 Å². The van der Waals surface area contributed by atoms with Gasteiger partial charge in [-0.15, -0.1) is 0 Å². The van der Waals surface area contributed by atoms with Crippen molar-refractivity contribution in [1.29, 1.82) is 0 Å². The van der Waals surface area contributed by atoms with E-state index >= 15 is 0 Å². The van der Waals surface area contributed by atoms with E-state index < -0.39 is 6.10 Å². The average Bonchev–Trinajstić information content (AvgIpc) is 2.70. The van der Waals surface area contributed by atoms with Crippen molar-refractivity contribution in [2.75, 3.05) is 5.32 Å². The zero-order valence-electron chi connectivity index (χ0n) is 15.7. The van der Waals surface area contributed by atoms with Crippen LogP contribution in [0.3, 0.4) is 0 Å². The Labute approximate surface area is 163 Å². The summed E-state index contributed by atoms with van der Waals surface area (Å²) in [5, 5.41) is 2.80. The molecule has 0 unspecified atom stereocenters. The minimum absolute atomic E-state index is 0.0552. The van der Waals surface area contributed by atoms with Crippen LogP contribution in [-0.4, -0.2) is 17.8 Å². The highest BCUT2D eigenvalue weighted by atomic mass is 16.5. The molecular weight excluding hydrogens is 354 g/mol. The summed E-state index contributed by atoms with van der Waals surface area (Å²) in [7, 11) is 0. The number of nitrogens with one attached hydrogen (secondary N) is 1. The molecule has 28 heavy (non-hydrogen) atoms. The van der Waals surface area contributed by atoms with Crippen molar-refractivity contribution in [2.45, 2.75) is 20.0 Å². The fraction of sp³-hybridized carbons (Fsp3) is 0.130. The summed E-state index contributed by atoms with van der Waals surface area (Å²) >= 11 is 0. The normalized spacial score (nSPS) is 11.4. The van der Waals surface area contributed by atoms with E-state index in [1.54, 1.807) is 55.5 Å². The third-order valence-corrected chi connectivity index (χ3v) is 4.02. The van der Waals surface area contributed by atoms with Crippen LogP contribution in [0.5, 0.6) is 17.2 Å². The molecule has 1 amide bonds. The molecule has 5 heteroatoms. The van der Waals surface area contributed by atoms with Gasteiger partial charge >= 0.3 is 0 Å². The second kappa shape index (κ2) is 8.86. The molecule has 0 aromatic heterocycles. The Hall–Kier alpha value is -3.60. The number of rotatable bonds is 7. The Morgan fingerprint density at radius 3 is 2.14 bits per heavy atom. The van der Waals surface area contributed by atoms with Gasteiger partial charge in [0.25, 0.3) is 5.91 Å². The molecule has 1 N–H and O–H groups in total. The Bertz CT molecular complexity index is 952. The van der Waals surface area contributed by atoms with Gasteiger partial charge in [0.2, 0.25) is 0 Å². The van der Waals surface area contributed by atoms with Crippen LogP contribution in [0, 0.1) is 0 Å². The molecule has 3 aromatic carbocycles. The second-order valence-corrected chi connectivity index (χ2v) is 6.27. The number of anilines is 1. The van der Waals surface area contributed by atoms with Crippen molar-refractivity contribution in [3.8, 4) is 17.2 Å². The maximum atomic E-state index is 12.4. The third-order valence-electron chi connectivity index (χ3n) is 4.02. The molecule has 0 radical (unpaired) electrons. The highest BCUT2D eigenvalue weighted by Gasteiger charge is 2.15. The first kappa shape index (κ1) is 19.2. The molecule has 0 fully saturated rings. The van der Waals surface area contributed by atoms with Gasteiger partial charge < -0.3 is 14.8 Å². The Balaban J connectivity index is 1.58. The van der Waals surface area contributed by atoms with E-state index in [1.807, 2.05) is 30.3 Å². The van der Waals surface area contributed by atoms with Crippen molar-refractivity contribution >= 4 is 17.4 Å². The predicted molar refractivity (Wildman–Crippen MR) is 108 cm³/mol. The first-order valence-electron chi connectivity index (χ1n) is 8.93. The fourth-order valence-corrected chi connectivity index (χ4v) is 2.52. The van der Waals surface area contributed by atoms with E-state index in [0.717, 1.165) is 5.75 Å². The molecule has 0 saturated carbocycles. The zero-order chi connectivity index (χ0) is 19.9. The number of ether oxygens (including phenoxy) is 2. The minimum Gasteiger partial charge on any atom is -0.481 e. The van der Waals surface area contributed by atoms with Crippen LogP contribution < -0.4 is 14.8 Å². The number of carbonyl (C=O) groups excluding carboxylic acids is 2. The van der Waals surface area contributed by atoms with Gasteiger partial charge in [-0.25, -0.2) is 0 Å². The van der Waals surface area contributed by atoms with Gasteiger partial charge in [-0.05, 0) is 62.4 Å². The molecule has 0 heterocycles. The van der Waals surface area contributed by atoms with E-state index in [-0.39, 0.29) is 11.7 Å². The Morgan fingerprint density at radius 1 is 0.821 bits per heavy atom. The number of Topliss-reactive ketones (excluding diaryl/α,β-unsaturated/α-hetero) is 1. The predicted octanol–water partition coefficient (Wildman–Crippen LogP) is 5.09. The monoisotopic (exact) mass is 375 g/mol. The Morgan fingerprint density at radius 2 is 1.46 bits per heavy atom. The van der Waals surface area contributed by atoms with Crippen LogP contribution in [0.2, 0.25) is 0 Å². The molecule has 5 nitrogen and oxygen atoms in total. The standard InChI is InChI=1S/C23H21NO4/c1-16(25)18-7-6-10-22(15-18)27-17(2)23(26)24-19-11-13-21(14-12-19)28-20-8-4-3-5-9-20/h3-15,17H,1-2H3,(H,24,26)/t17-/m1/s1. The number of hydrogen-bond donors (Lipinski definition) is 1. The molecule has 3 rings (SSSR count). The molecule has 0 spiro atoms. The summed E-state index contributed by atoms with van der Waals surface area (Å²) in [6, 6.07) is 23.3. The second-order valence-electron chi connectivity index (χ2n) is 6.27. The largest absolute Gasteiger partial charge is 0.481 e. The maximum Gasteiger partial charge on any atom is 0.265 e. The third kappa shape index (κ3) is 5.20. The summed E-state index contributed by atoms with van der Waals surface area (Å²) in [4.78, 5) is 23.8. The van der Waals surface area contributed by atoms with Gasteiger partial charge in [-0.2, -0.15) is 0 Å². The lowest BCUT2D eigenvalue weighted by Gasteiger charge is -2.15. The molecule has 0 bridgehead atoms. The molecule has 3 aromatic rings. The van der Waals surface area contributed by atoms with E-state index in [2.05, 4.69) is 5.32 Å². The number of para-hydroxylation sites is 1. The summed E-state index contributed by atoms with van der Waals surface area (Å²) in [5.74, 6) is 1.55. The molecule has 0 saturated heterocycles. The zero-order valence-corrected chi connectivity index (χ0v) is 15.7. The number of ketones is 1. The van der Waals surface area contributed by atoms with Crippen LogP contribution in [-0.2, 0) is 4.79 Å². The van der Waals surface area contributed by atoms with Gasteiger partial charge in [0, 0.05) is 11.3 Å². The lowest BCUT2D eigenvalue weighted by atomic mass is 10.1. The van der Waals surface area contributed by atoms with Crippen LogP contribution in [0.1, 0.15) is 24.2 Å². The molecule has 0 aliphatic carbocycles. The highest BCUT2D eigenvalue weighted by Crippen LogP contribution is 2.23. The van der Waals surface area contributed by atoms with Gasteiger partial charge in [-0.3, -0.25) is 9.59 Å². The van der Waals surface area contributed by atoms with Crippen LogP contribution in [0.25, 0.3) is 0 Å². The van der Waals surface area contributed by atoms with Crippen LogP contribution in [0.4, 0.5) is 5.69 Å². The summed E-state index contributed by atoms with van der Waals surface area (Å²) in [6.07, 6.45) is -0.720. The van der Waals surface area contributed by atoms with Crippen molar-refractivity contribution in [1.82, 2.24) is 0 Å². The van der Waals surface area contributed by atoms with Crippen molar-refractivity contribution < 1.29 is 19.1 Å².